The van der Waals surface area contributed by atoms with Gasteiger partial charge in [0.2, 0.25) is 0 Å². The lowest BCUT2D eigenvalue weighted by Gasteiger charge is -2.17. The number of hydrogen-bond acceptors (Lipinski definition) is 4. The van der Waals surface area contributed by atoms with Gasteiger partial charge in [0.25, 0.3) is 5.91 Å². The highest BCUT2D eigenvalue weighted by atomic mass is 16.5. The maximum absolute atomic E-state index is 12.8. The van der Waals surface area contributed by atoms with Crippen LogP contribution in [0.5, 0.6) is 0 Å². The number of nitrogens with zero attached hydrogens (tertiary/aromatic N) is 2. The number of carbonyl (C=O) groups is 1. The first-order chi connectivity index (χ1) is 12.6. The minimum atomic E-state index is 0.0484. The summed E-state index contributed by atoms with van der Waals surface area (Å²) in [6, 6.07) is 15.7. The fraction of sp³-hybridized carbons (Fsp3) is 0.238. The predicted octanol–water partition coefficient (Wildman–Crippen LogP) is 4.11. The van der Waals surface area contributed by atoms with Crippen LogP contribution in [0.1, 0.15) is 32.9 Å². The predicted molar refractivity (Wildman–Crippen MR) is 102 cm³/mol. The zero-order chi connectivity index (χ0) is 18.1. The Morgan fingerprint density at radius 3 is 2.65 bits per heavy atom. The molecule has 4 rings (SSSR count). The number of para-hydroxylation sites is 1. The standard InChI is InChI=1S/C21H21N3O2/c1-14-19(15(2)26-23-14)13-22-18-9-7-17(8-10-18)21(25)24-12-11-16-5-3-4-6-20(16)24/h3-10,22H,11-13H2,1-2H3. The second-order valence-corrected chi connectivity index (χ2v) is 6.57. The van der Waals surface area contributed by atoms with Crippen molar-refractivity contribution < 1.29 is 9.32 Å². The van der Waals surface area contributed by atoms with Gasteiger partial charge in [-0.05, 0) is 56.2 Å². The molecule has 3 aromatic rings. The second kappa shape index (κ2) is 6.67. The molecule has 0 aliphatic carbocycles. The molecule has 2 aromatic carbocycles. The van der Waals surface area contributed by atoms with E-state index in [0.717, 1.165) is 41.4 Å². The van der Waals surface area contributed by atoms with Gasteiger partial charge < -0.3 is 14.7 Å². The number of benzene rings is 2. The molecule has 0 radical (unpaired) electrons. The van der Waals surface area contributed by atoms with Gasteiger partial charge in [0.05, 0.1) is 5.69 Å². The Bertz CT molecular complexity index is 925. The molecule has 0 saturated carbocycles. The summed E-state index contributed by atoms with van der Waals surface area (Å²) in [6.45, 7) is 5.23. The first kappa shape index (κ1) is 16.4. The van der Waals surface area contributed by atoms with Crippen molar-refractivity contribution in [2.45, 2.75) is 26.8 Å². The smallest absolute Gasteiger partial charge is 0.258 e. The van der Waals surface area contributed by atoms with Crippen LogP contribution in [0.4, 0.5) is 11.4 Å². The summed E-state index contributed by atoms with van der Waals surface area (Å²) in [5, 5.41) is 7.32. The molecule has 5 heteroatoms. The average Bonchev–Trinajstić information content (AvgIpc) is 3.23. The van der Waals surface area contributed by atoms with Crippen LogP contribution in [0, 0.1) is 13.8 Å². The number of anilines is 2. The van der Waals surface area contributed by atoms with E-state index in [-0.39, 0.29) is 5.91 Å². The molecule has 2 heterocycles. The van der Waals surface area contributed by atoms with Crippen LogP contribution in [-0.2, 0) is 13.0 Å². The van der Waals surface area contributed by atoms with E-state index >= 15 is 0 Å². The SMILES string of the molecule is Cc1noc(C)c1CNc1ccc(C(=O)N2CCc3ccccc32)cc1. The lowest BCUT2D eigenvalue weighted by atomic mass is 10.1. The summed E-state index contributed by atoms with van der Waals surface area (Å²) in [5.41, 5.74) is 5.89. The van der Waals surface area contributed by atoms with E-state index in [1.54, 1.807) is 0 Å². The number of aryl methyl sites for hydroxylation is 2. The van der Waals surface area contributed by atoms with E-state index in [4.69, 9.17) is 4.52 Å². The number of fused-ring (bicyclic) bond motifs is 1. The number of nitrogens with one attached hydrogen (secondary N) is 1. The zero-order valence-corrected chi connectivity index (χ0v) is 15.0. The van der Waals surface area contributed by atoms with Crippen molar-refractivity contribution >= 4 is 17.3 Å². The van der Waals surface area contributed by atoms with Gasteiger partial charge in [0.15, 0.2) is 0 Å². The molecule has 0 spiro atoms. The maximum atomic E-state index is 12.8. The van der Waals surface area contributed by atoms with Crippen LogP contribution in [0.2, 0.25) is 0 Å². The lowest BCUT2D eigenvalue weighted by molar-refractivity contribution is 0.0989. The van der Waals surface area contributed by atoms with E-state index in [1.165, 1.54) is 5.56 Å². The number of carbonyl (C=O) groups excluding carboxylic acids is 1. The van der Waals surface area contributed by atoms with E-state index in [1.807, 2.05) is 61.2 Å². The van der Waals surface area contributed by atoms with Crippen molar-refractivity contribution in [3.8, 4) is 0 Å². The number of aromatic nitrogens is 1. The number of hydrogen-bond donors (Lipinski definition) is 1. The normalized spacial score (nSPS) is 12.9. The molecule has 0 fully saturated rings. The Hall–Kier alpha value is -3.08. The van der Waals surface area contributed by atoms with Gasteiger partial charge in [-0.25, -0.2) is 0 Å². The summed E-state index contributed by atoms with van der Waals surface area (Å²) in [7, 11) is 0. The van der Waals surface area contributed by atoms with Gasteiger partial charge in [0.1, 0.15) is 5.76 Å². The second-order valence-electron chi connectivity index (χ2n) is 6.57. The van der Waals surface area contributed by atoms with Crippen molar-refractivity contribution in [1.29, 1.82) is 0 Å². The van der Waals surface area contributed by atoms with Crippen molar-refractivity contribution in [3.63, 3.8) is 0 Å². The van der Waals surface area contributed by atoms with Gasteiger partial charge in [0, 0.05) is 35.6 Å². The quantitative estimate of drug-likeness (QED) is 0.772. The Balaban J connectivity index is 1.45. The van der Waals surface area contributed by atoms with Crippen LogP contribution < -0.4 is 10.2 Å². The molecule has 1 aliphatic rings. The topological polar surface area (TPSA) is 58.4 Å². The summed E-state index contributed by atoms with van der Waals surface area (Å²) < 4.78 is 5.18. The van der Waals surface area contributed by atoms with Gasteiger partial charge in [-0.15, -0.1) is 0 Å². The molecule has 1 aliphatic heterocycles. The van der Waals surface area contributed by atoms with Gasteiger partial charge in [-0.1, -0.05) is 23.4 Å². The van der Waals surface area contributed by atoms with Crippen molar-refractivity contribution in [2.75, 3.05) is 16.8 Å². The molecule has 26 heavy (non-hydrogen) atoms. The highest BCUT2D eigenvalue weighted by Gasteiger charge is 2.24. The van der Waals surface area contributed by atoms with E-state index in [0.29, 0.717) is 12.1 Å². The minimum absolute atomic E-state index is 0.0484. The molecule has 1 aromatic heterocycles. The highest BCUT2D eigenvalue weighted by molar-refractivity contribution is 6.07. The van der Waals surface area contributed by atoms with Crippen LogP contribution in [0.15, 0.2) is 53.1 Å². The van der Waals surface area contributed by atoms with Crippen LogP contribution >= 0.6 is 0 Å². The fourth-order valence-electron chi connectivity index (χ4n) is 3.38. The summed E-state index contributed by atoms with van der Waals surface area (Å²) in [6.07, 6.45) is 0.916. The molecular weight excluding hydrogens is 326 g/mol. The largest absolute Gasteiger partial charge is 0.381 e. The minimum Gasteiger partial charge on any atom is -0.381 e. The molecule has 132 valence electrons. The van der Waals surface area contributed by atoms with E-state index in [2.05, 4.69) is 16.5 Å². The van der Waals surface area contributed by atoms with Gasteiger partial charge in [-0.3, -0.25) is 4.79 Å². The molecule has 0 bridgehead atoms. The van der Waals surface area contributed by atoms with Crippen molar-refractivity contribution in [1.82, 2.24) is 5.16 Å². The molecule has 0 atom stereocenters. The number of rotatable bonds is 4. The van der Waals surface area contributed by atoms with E-state index in [9.17, 15) is 4.79 Å². The van der Waals surface area contributed by atoms with Crippen molar-refractivity contribution in [3.05, 3.63) is 76.7 Å². The molecule has 1 amide bonds. The monoisotopic (exact) mass is 347 g/mol. The molecule has 1 N–H and O–H groups in total. The first-order valence-electron chi connectivity index (χ1n) is 8.79. The third-order valence-electron chi connectivity index (χ3n) is 4.91. The van der Waals surface area contributed by atoms with E-state index < -0.39 is 0 Å². The summed E-state index contributed by atoms with van der Waals surface area (Å²) >= 11 is 0. The zero-order valence-electron chi connectivity index (χ0n) is 15.0. The van der Waals surface area contributed by atoms with Crippen LogP contribution in [0.25, 0.3) is 0 Å². The Kier molecular flexibility index (Phi) is 4.21. The number of amides is 1. The van der Waals surface area contributed by atoms with Gasteiger partial charge in [-0.2, -0.15) is 0 Å². The van der Waals surface area contributed by atoms with Crippen LogP contribution in [0.3, 0.4) is 0 Å². The first-order valence-corrected chi connectivity index (χ1v) is 8.79. The fourth-order valence-corrected chi connectivity index (χ4v) is 3.38. The Morgan fingerprint density at radius 2 is 1.92 bits per heavy atom. The molecule has 5 nitrogen and oxygen atoms in total. The average molecular weight is 347 g/mol. The highest BCUT2D eigenvalue weighted by Crippen LogP contribution is 2.29. The third kappa shape index (κ3) is 2.96. The summed E-state index contributed by atoms with van der Waals surface area (Å²) in [5.74, 6) is 0.877. The molecular formula is C21H21N3O2. The van der Waals surface area contributed by atoms with Crippen LogP contribution in [-0.4, -0.2) is 17.6 Å². The third-order valence-corrected chi connectivity index (χ3v) is 4.91. The maximum Gasteiger partial charge on any atom is 0.258 e. The Labute approximate surface area is 152 Å². The lowest BCUT2D eigenvalue weighted by Crippen LogP contribution is -2.28. The molecule has 0 unspecified atom stereocenters. The Morgan fingerprint density at radius 1 is 1.15 bits per heavy atom. The van der Waals surface area contributed by atoms with Crippen molar-refractivity contribution in [2.24, 2.45) is 0 Å². The van der Waals surface area contributed by atoms with Gasteiger partial charge >= 0.3 is 0 Å². The molecule has 0 saturated heterocycles. The summed E-state index contributed by atoms with van der Waals surface area (Å²) in [4.78, 5) is 14.7.